The molecule has 1 atom stereocenters. The summed E-state index contributed by atoms with van der Waals surface area (Å²) >= 11 is 0. The molecule has 2 fully saturated rings. The molecule has 0 spiro atoms. The van der Waals surface area contributed by atoms with Crippen LogP contribution in [0.15, 0.2) is 28.8 Å². The number of likely N-dealkylation sites (tertiary alicyclic amines) is 1. The van der Waals surface area contributed by atoms with Crippen molar-refractivity contribution >= 4 is 17.6 Å². The Hall–Kier alpha value is -2.90. The van der Waals surface area contributed by atoms with Gasteiger partial charge in [-0.2, -0.15) is 4.98 Å². The molecule has 0 radical (unpaired) electrons. The Kier molecular flexibility index (Phi) is 3.87. The summed E-state index contributed by atoms with van der Waals surface area (Å²) in [6, 6.07) is 6.89. The number of benzene rings is 1. The van der Waals surface area contributed by atoms with Gasteiger partial charge in [-0.3, -0.25) is 9.69 Å². The largest absolute Gasteiger partial charge is 0.340 e. The maximum Gasteiger partial charge on any atom is 0.321 e. The monoisotopic (exact) mass is 341 g/mol. The minimum atomic E-state index is -0.163. The third kappa shape index (κ3) is 2.84. The van der Waals surface area contributed by atoms with E-state index in [0.29, 0.717) is 36.9 Å². The molecular formula is C17H19N5O3. The van der Waals surface area contributed by atoms with Gasteiger partial charge in [-0.05, 0) is 31.0 Å². The highest BCUT2D eigenvalue weighted by atomic mass is 16.5. The first-order chi connectivity index (χ1) is 12.1. The van der Waals surface area contributed by atoms with Gasteiger partial charge in [-0.25, -0.2) is 4.79 Å². The summed E-state index contributed by atoms with van der Waals surface area (Å²) in [6.45, 7) is 3.61. The van der Waals surface area contributed by atoms with E-state index < -0.39 is 0 Å². The minimum absolute atomic E-state index is 0.0774. The number of aromatic nitrogens is 2. The molecule has 2 aromatic rings. The Morgan fingerprint density at radius 3 is 2.96 bits per heavy atom. The summed E-state index contributed by atoms with van der Waals surface area (Å²) in [5, 5.41) is 6.74. The molecule has 1 N–H and O–H groups in total. The van der Waals surface area contributed by atoms with Crippen LogP contribution in [0.2, 0.25) is 0 Å². The van der Waals surface area contributed by atoms with Crippen molar-refractivity contribution in [3.63, 3.8) is 0 Å². The highest BCUT2D eigenvalue weighted by Crippen LogP contribution is 2.32. The van der Waals surface area contributed by atoms with E-state index in [2.05, 4.69) is 15.5 Å². The molecule has 3 amide bonds. The summed E-state index contributed by atoms with van der Waals surface area (Å²) in [4.78, 5) is 32.6. The molecule has 8 heteroatoms. The minimum Gasteiger partial charge on any atom is -0.340 e. The molecule has 1 aromatic carbocycles. The third-order valence-electron chi connectivity index (χ3n) is 4.62. The molecule has 0 bridgehead atoms. The number of amides is 3. The second kappa shape index (κ2) is 6.19. The second-order valence-electron chi connectivity index (χ2n) is 6.26. The number of hydrogen-bond acceptors (Lipinski definition) is 5. The summed E-state index contributed by atoms with van der Waals surface area (Å²) in [5.41, 5.74) is 1.29. The van der Waals surface area contributed by atoms with Crippen molar-refractivity contribution in [3.8, 4) is 0 Å². The molecule has 4 rings (SSSR count). The van der Waals surface area contributed by atoms with Crippen molar-refractivity contribution < 1.29 is 14.1 Å². The first kappa shape index (κ1) is 15.6. The van der Waals surface area contributed by atoms with Crippen LogP contribution in [0.4, 0.5) is 10.5 Å². The average Bonchev–Trinajstić information content (AvgIpc) is 3.34. The van der Waals surface area contributed by atoms with Gasteiger partial charge < -0.3 is 14.7 Å². The topological polar surface area (TPSA) is 91.6 Å². The van der Waals surface area contributed by atoms with Crippen molar-refractivity contribution in [1.29, 1.82) is 0 Å². The van der Waals surface area contributed by atoms with Crippen LogP contribution in [-0.4, -0.2) is 46.6 Å². The normalized spacial score (nSPS) is 20.2. The van der Waals surface area contributed by atoms with Crippen LogP contribution in [0.25, 0.3) is 0 Å². The molecule has 0 saturated carbocycles. The summed E-state index contributed by atoms with van der Waals surface area (Å²) < 4.78 is 5.06. The molecule has 2 saturated heterocycles. The van der Waals surface area contributed by atoms with Gasteiger partial charge >= 0.3 is 6.03 Å². The van der Waals surface area contributed by atoms with E-state index in [4.69, 9.17) is 4.52 Å². The van der Waals surface area contributed by atoms with Crippen molar-refractivity contribution in [2.45, 2.75) is 25.8 Å². The molecule has 1 aromatic heterocycles. The van der Waals surface area contributed by atoms with Crippen molar-refractivity contribution in [1.82, 2.24) is 20.4 Å². The third-order valence-corrected chi connectivity index (χ3v) is 4.62. The van der Waals surface area contributed by atoms with Gasteiger partial charge in [0.25, 0.3) is 5.91 Å². The number of rotatable bonds is 3. The fourth-order valence-electron chi connectivity index (χ4n) is 3.42. The molecule has 2 aliphatic heterocycles. The van der Waals surface area contributed by atoms with Crippen LogP contribution in [-0.2, 0) is 0 Å². The number of anilines is 1. The van der Waals surface area contributed by atoms with Gasteiger partial charge in [0.2, 0.25) is 5.89 Å². The Labute approximate surface area is 144 Å². The Balaban J connectivity index is 1.59. The van der Waals surface area contributed by atoms with E-state index in [-0.39, 0.29) is 18.0 Å². The molecule has 1 unspecified atom stereocenters. The van der Waals surface area contributed by atoms with Crippen molar-refractivity contribution in [2.75, 3.05) is 24.5 Å². The molecule has 0 aliphatic carbocycles. The molecular weight excluding hydrogens is 322 g/mol. The summed E-state index contributed by atoms with van der Waals surface area (Å²) in [5.74, 6) is 0.973. The highest BCUT2D eigenvalue weighted by Gasteiger charge is 2.34. The zero-order valence-corrected chi connectivity index (χ0v) is 13.9. The number of carbonyl (C=O) groups excluding carboxylic acids is 2. The van der Waals surface area contributed by atoms with Crippen LogP contribution in [0.1, 0.15) is 41.0 Å². The zero-order valence-electron chi connectivity index (χ0n) is 13.9. The lowest BCUT2D eigenvalue weighted by atomic mass is 10.1. The first-order valence-corrected chi connectivity index (χ1v) is 8.40. The lowest BCUT2D eigenvalue weighted by molar-refractivity contribution is 0.0728. The van der Waals surface area contributed by atoms with Gasteiger partial charge in [0.15, 0.2) is 5.82 Å². The highest BCUT2D eigenvalue weighted by molar-refractivity contribution is 5.98. The summed E-state index contributed by atoms with van der Waals surface area (Å²) in [7, 11) is 0. The van der Waals surface area contributed by atoms with Crippen LogP contribution < -0.4 is 10.2 Å². The van der Waals surface area contributed by atoms with E-state index in [1.165, 1.54) is 0 Å². The maximum atomic E-state index is 13.0. The van der Waals surface area contributed by atoms with Crippen LogP contribution in [0.5, 0.6) is 0 Å². The zero-order chi connectivity index (χ0) is 17.4. The Morgan fingerprint density at radius 1 is 1.36 bits per heavy atom. The predicted molar refractivity (Wildman–Crippen MR) is 89.2 cm³/mol. The number of nitrogens with one attached hydrogen (secondary N) is 1. The predicted octanol–water partition coefficient (Wildman–Crippen LogP) is 1.88. The number of urea groups is 1. The number of hydrogen-bond donors (Lipinski definition) is 1. The lowest BCUT2D eigenvalue weighted by Gasteiger charge is -2.23. The van der Waals surface area contributed by atoms with Crippen LogP contribution >= 0.6 is 0 Å². The van der Waals surface area contributed by atoms with Gasteiger partial charge in [-0.1, -0.05) is 11.2 Å². The van der Waals surface area contributed by atoms with Crippen molar-refractivity contribution in [3.05, 3.63) is 41.5 Å². The maximum absolute atomic E-state index is 13.0. The summed E-state index contributed by atoms with van der Waals surface area (Å²) in [6.07, 6.45) is 1.72. The lowest BCUT2D eigenvalue weighted by Crippen LogP contribution is -2.32. The van der Waals surface area contributed by atoms with E-state index in [1.54, 1.807) is 34.9 Å². The van der Waals surface area contributed by atoms with Crippen LogP contribution in [0.3, 0.4) is 0 Å². The molecule has 3 heterocycles. The fourth-order valence-corrected chi connectivity index (χ4v) is 3.42. The van der Waals surface area contributed by atoms with Crippen LogP contribution in [0, 0.1) is 6.92 Å². The molecule has 130 valence electrons. The smallest absolute Gasteiger partial charge is 0.321 e. The average molecular weight is 341 g/mol. The molecule has 2 aliphatic rings. The van der Waals surface area contributed by atoms with E-state index in [1.807, 2.05) is 6.07 Å². The first-order valence-electron chi connectivity index (χ1n) is 8.40. The molecule has 8 nitrogen and oxygen atoms in total. The van der Waals surface area contributed by atoms with Gasteiger partial charge in [0.1, 0.15) is 0 Å². The van der Waals surface area contributed by atoms with Gasteiger partial charge in [0.05, 0.1) is 6.04 Å². The second-order valence-corrected chi connectivity index (χ2v) is 6.26. The van der Waals surface area contributed by atoms with Gasteiger partial charge in [0, 0.05) is 37.8 Å². The quantitative estimate of drug-likeness (QED) is 0.920. The molecule has 25 heavy (non-hydrogen) atoms. The Bertz CT molecular complexity index is 818. The van der Waals surface area contributed by atoms with E-state index in [0.717, 1.165) is 18.5 Å². The standard InChI is InChI=1S/C17H19N5O3/c1-11-19-15(20-25-11)14-6-3-8-22(14)16(23)12-4-2-5-13(10-12)21-9-7-18-17(21)24/h2,4-5,10,14H,3,6-9H2,1H3,(H,18,24). The van der Waals surface area contributed by atoms with E-state index in [9.17, 15) is 9.59 Å². The number of carbonyl (C=O) groups is 2. The Morgan fingerprint density at radius 2 is 2.24 bits per heavy atom. The van der Waals surface area contributed by atoms with E-state index >= 15 is 0 Å². The number of aryl methyl sites for hydroxylation is 1. The van der Waals surface area contributed by atoms with Gasteiger partial charge in [-0.15, -0.1) is 0 Å². The number of nitrogens with zero attached hydrogens (tertiary/aromatic N) is 4. The fraction of sp³-hybridized carbons (Fsp3) is 0.412. The van der Waals surface area contributed by atoms with Crippen molar-refractivity contribution in [2.24, 2.45) is 0 Å². The SMILES string of the molecule is Cc1nc(C2CCCN2C(=O)c2cccc(N3CCNC3=O)c2)no1.